The lowest BCUT2D eigenvalue weighted by atomic mass is 9.80. The largest absolute Gasteiger partial charge is 0.391 e. The Morgan fingerprint density at radius 1 is 1.19 bits per heavy atom. The van der Waals surface area contributed by atoms with E-state index in [0.717, 1.165) is 25.8 Å². The van der Waals surface area contributed by atoms with Crippen LogP contribution in [0.5, 0.6) is 0 Å². The molecule has 0 aromatic carbocycles. The van der Waals surface area contributed by atoms with Crippen LogP contribution in [0.1, 0.15) is 51.9 Å². The summed E-state index contributed by atoms with van der Waals surface area (Å²) in [6.45, 7) is 2.88. The van der Waals surface area contributed by atoms with E-state index in [1.807, 2.05) is 6.92 Å². The molecular weight excluding hydrogens is 281 g/mol. The van der Waals surface area contributed by atoms with Crippen LogP contribution in [0.2, 0.25) is 0 Å². The van der Waals surface area contributed by atoms with Gasteiger partial charge in [-0.2, -0.15) is 13.2 Å². The van der Waals surface area contributed by atoms with E-state index in [2.05, 4.69) is 10.6 Å². The van der Waals surface area contributed by atoms with Gasteiger partial charge in [0.2, 0.25) is 5.91 Å². The molecule has 4 unspecified atom stereocenters. The van der Waals surface area contributed by atoms with Gasteiger partial charge in [-0.1, -0.05) is 12.8 Å². The number of rotatable bonds is 3. The zero-order chi connectivity index (χ0) is 15.5. The predicted octanol–water partition coefficient (Wildman–Crippen LogP) is 3.00. The van der Waals surface area contributed by atoms with Gasteiger partial charge in [0.05, 0.1) is 5.92 Å². The van der Waals surface area contributed by atoms with E-state index in [0.29, 0.717) is 12.8 Å². The van der Waals surface area contributed by atoms with E-state index in [-0.39, 0.29) is 30.8 Å². The van der Waals surface area contributed by atoms with Gasteiger partial charge in [0.1, 0.15) is 0 Å². The molecule has 122 valence electrons. The summed E-state index contributed by atoms with van der Waals surface area (Å²) in [6.07, 6.45) is 0.284. The highest BCUT2D eigenvalue weighted by molar-refractivity contribution is 5.79. The van der Waals surface area contributed by atoms with Crippen LogP contribution in [0.25, 0.3) is 0 Å². The smallest absolute Gasteiger partial charge is 0.352 e. The molecule has 0 bridgehead atoms. The Kier molecular flexibility index (Phi) is 5.52. The number of amides is 1. The summed E-state index contributed by atoms with van der Waals surface area (Å²) in [5, 5.41) is 6.29. The number of halogens is 3. The van der Waals surface area contributed by atoms with Crippen molar-refractivity contribution in [2.24, 2.45) is 11.8 Å². The SMILES string of the molecule is CC(NC(=O)C1CCCC(C(F)(F)F)C1)C1CCCCN1. The maximum Gasteiger partial charge on any atom is 0.391 e. The lowest BCUT2D eigenvalue weighted by molar-refractivity contribution is -0.186. The molecule has 0 aromatic heterocycles. The second-order valence-corrected chi connectivity index (χ2v) is 6.46. The third-order valence-corrected chi connectivity index (χ3v) is 4.83. The first-order chi connectivity index (χ1) is 9.88. The van der Waals surface area contributed by atoms with E-state index < -0.39 is 18.0 Å². The van der Waals surface area contributed by atoms with Crippen LogP contribution in [-0.4, -0.2) is 30.7 Å². The van der Waals surface area contributed by atoms with Gasteiger partial charge in [0.25, 0.3) is 0 Å². The van der Waals surface area contributed by atoms with Crippen molar-refractivity contribution in [2.75, 3.05) is 6.54 Å². The van der Waals surface area contributed by atoms with Crippen LogP contribution in [0.15, 0.2) is 0 Å². The molecule has 4 atom stereocenters. The third-order valence-electron chi connectivity index (χ3n) is 4.83. The highest BCUT2D eigenvalue weighted by atomic mass is 19.4. The van der Waals surface area contributed by atoms with Gasteiger partial charge in [-0.3, -0.25) is 4.79 Å². The highest BCUT2D eigenvalue weighted by Crippen LogP contribution is 2.39. The van der Waals surface area contributed by atoms with Crippen LogP contribution in [0.4, 0.5) is 13.2 Å². The minimum absolute atomic E-state index is 0.0240. The Labute approximate surface area is 124 Å². The second kappa shape index (κ2) is 6.99. The molecule has 2 aliphatic rings. The molecule has 2 N–H and O–H groups in total. The highest BCUT2D eigenvalue weighted by Gasteiger charge is 2.43. The molecule has 1 heterocycles. The molecule has 1 amide bonds. The maximum atomic E-state index is 12.8. The summed E-state index contributed by atoms with van der Waals surface area (Å²) in [5.41, 5.74) is 0. The molecular formula is C15H25F3N2O. The fourth-order valence-electron chi connectivity index (χ4n) is 3.47. The van der Waals surface area contributed by atoms with Crippen molar-refractivity contribution in [1.29, 1.82) is 0 Å². The van der Waals surface area contributed by atoms with E-state index in [9.17, 15) is 18.0 Å². The van der Waals surface area contributed by atoms with Gasteiger partial charge in [-0.15, -0.1) is 0 Å². The molecule has 0 aromatic rings. The van der Waals surface area contributed by atoms with Crippen LogP contribution >= 0.6 is 0 Å². The van der Waals surface area contributed by atoms with Gasteiger partial charge in [0, 0.05) is 18.0 Å². The topological polar surface area (TPSA) is 41.1 Å². The average molecular weight is 306 g/mol. The first-order valence-electron chi connectivity index (χ1n) is 7.98. The van der Waals surface area contributed by atoms with Crippen molar-refractivity contribution < 1.29 is 18.0 Å². The fraction of sp³-hybridized carbons (Fsp3) is 0.933. The molecule has 6 heteroatoms. The molecule has 1 aliphatic heterocycles. The first-order valence-corrected chi connectivity index (χ1v) is 7.98. The molecule has 1 aliphatic carbocycles. The van der Waals surface area contributed by atoms with E-state index in [1.165, 1.54) is 0 Å². The van der Waals surface area contributed by atoms with Gasteiger partial charge < -0.3 is 10.6 Å². The minimum atomic E-state index is -4.17. The molecule has 21 heavy (non-hydrogen) atoms. The lowest BCUT2D eigenvalue weighted by Crippen LogP contribution is -2.51. The van der Waals surface area contributed by atoms with Crippen LogP contribution < -0.4 is 10.6 Å². The molecule has 1 saturated carbocycles. The zero-order valence-corrected chi connectivity index (χ0v) is 12.5. The maximum absolute atomic E-state index is 12.8. The number of piperidine rings is 1. The Balaban J connectivity index is 1.84. The van der Waals surface area contributed by atoms with Crippen LogP contribution in [-0.2, 0) is 4.79 Å². The van der Waals surface area contributed by atoms with E-state index in [4.69, 9.17) is 0 Å². The molecule has 1 saturated heterocycles. The normalized spacial score (nSPS) is 32.5. The van der Waals surface area contributed by atoms with E-state index >= 15 is 0 Å². The molecule has 3 nitrogen and oxygen atoms in total. The summed E-state index contributed by atoms with van der Waals surface area (Å²) >= 11 is 0. The lowest BCUT2D eigenvalue weighted by Gasteiger charge is -2.33. The van der Waals surface area contributed by atoms with Gasteiger partial charge in [-0.05, 0) is 45.6 Å². The van der Waals surface area contributed by atoms with Crippen molar-refractivity contribution in [3.63, 3.8) is 0 Å². The van der Waals surface area contributed by atoms with Gasteiger partial charge in [0.15, 0.2) is 0 Å². The Hall–Kier alpha value is -0.780. The predicted molar refractivity (Wildman–Crippen MR) is 74.7 cm³/mol. The quantitative estimate of drug-likeness (QED) is 0.841. The van der Waals surface area contributed by atoms with Crippen molar-refractivity contribution in [1.82, 2.24) is 10.6 Å². The average Bonchev–Trinajstić information content (AvgIpc) is 2.47. The summed E-state index contributed by atoms with van der Waals surface area (Å²) in [6, 6.07) is 0.216. The molecule has 2 fully saturated rings. The number of carbonyl (C=O) groups is 1. The second-order valence-electron chi connectivity index (χ2n) is 6.46. The Morgan fingerprint density at radius 2 is 1.95 bits per heavy atom. The number of carbonyl (C=O) groups excluding carboxylic acids is 1. The summed E-state index contributed by atoms with van der Waals surface area (Å²) < 4.78 is 38.4. The van der Waals surface area contributed by atoms with Gasteiger partial charge >= 0.3 is 6.18 Å². The van der Waals surface area contributed by atoms with Crippen LogP contribution in [0, 0.1) is 11.8 Å². The van der Waals surface area contributed by atoms with Gasteiger partial charge in [-0.25, -0.2) is 0 Å². The monoisotopic (exact) mass is 306 g/mol. The van der Waals surface area contributed by atoms with Crippen molar-refractivity contribution in [3.05, 3.63) is 0 Å². The van der Waals surface area contributed by atoms with E-state index in [1.54, 1.807) is 0 Å². The standard InChI is InChI=1S/C15H25F3N2O/c1-10(13-7-2-3-8-19-13)20-14(21)11-5-4-6-12(9-11)15(16,17)18/h10-13,19H,2-9H2,1H3,(H,20,21). The van der Waals surface area contributed by atoms with Crippen molar-refractivity contribution in [2.45, 2.75) is 70.1 Å². The molecule has 0 radical (unpaired) electrons. The third kappa shape index (κ3) is 4.59. The number of nitrogens with one attached hydrogen (secondary N) is 2. The minimum Gasteiger partial charge on any atom is -0.352 e. The van der Waals surface area contributed by atoms with Crippen molar-refractivity contribution in [3.8, 4) is 0 Å². The number of hydrogen-bond donors (Lipinski definition) is 2. The first kappa shape index (κ1) is 16.6. The number of alkyl halides is 3. The number of hydrogen-bond acceptors (Lipinski definition) is 2. The molecule has 0 spiro atoms. The molecule has 2 rings (SSSR count). The Morgan fingerprint density at radius 3 is 2.57 bits per heavy atom. The summed E-state index contributed by atoms with van der Waals surface area (Å²) in [4.78, 5) is 12.2. The fourth-order valence-corrected chi connectivity index (χ4v) is 3.47. The summed E-state index contributed by atoms with van der Waals surface area (Å²) in [5.74, 6) is -2.01. The summed E-state index contributed by atoms with van der Waals surface area (Å²) in [7, 11) is 0. The van der Waals surface area contributed by atoms with Crippen LogP contribution in [0.3, 0.4) is 0 Å². The van der Waals surface area contributed by atoms with Crippen molar-refractivity contribution >= 4 is 5.91 Å². The zero-order valence-electron chi connectivity index (χ0n) is 12.5. The Bertz CT molecular complexity index is 353.